The monoisotopic (exact) mass is 676 g/mol. The van der Waals surface area contributed by atoms with Crippen molar-refractivity contribution < 1.29 is 8.83 Å². The summed E-state index contributed by atoms with van der Waals surface area (Å²) in [6.45, 7) is 0. The maximum absolute atomic E-state index is 10.5. The number of para-hydroxylation sites is 2. The highest BCUT2D eigenvalue weighted by atomic mass is 16.3. The Kier molecular flexibility index (Phi) is 6.28. The fraction of sp³-hybridized carbons (Fsp3) is 0. The summed E-state index contributed by atoms with van der Waals surface area (Å²) in [7, 11) is 0. The van der Waals surface area contributed by atoms with Crippen LogP contribution in [-0.2, 0) is 0 Å². The molecular formula is C49H28N2O2. The zero-order valence-electron chi connectivity index (χ0n) is 28.4. The molecule has 0 fully saturated rings. The van der Waals surface area contributed by atoms with Gasteiger partial charge in [0.25, 0.3) is 0 Å². The molecule has 0 atom stereocenters. The molecule has 8 aromatic carbocycles. The van der Waals surface area contributed by atoms with Crippen LogP contribution in [0.5, 0.6) is 0 Å². The Balaban J connectivity index is 1.19. The molecule has 0 amide bonds. The molecule has 3 aromatic heterocycles. The van der Waals surface area contributed by atoms with Gasteiger partial charge in [0, 0.05) is 32.3 Å². The van der Waals surface area contributed by atoms with Crippen molar-refractivity contribution in [2.75, 3.05) is 0 Å². The molecule has 0 aliphatic carbocycles. The lowest BCUT2D eigenvalue weighted by molar-refractivity contribution is 0.665. The first kappa shape index (κ1) is 29.4. The molecule has 4 heteroatoms. The number of hydrogen-bond donors (Lipinski definition) is 0. The van der Waals surface area contributed by atoms with Crippen LogP contribution in [0.4, 0.5) is 0 Å². The minimum atomic E-state index is 0.491. The van der Waals surface area contributed by atoms with E-state index in [2.05, 4.69) is 132 Å². The Morgan fingerprint density at radius 2 is 1.09 bits per heavy atom. The zero-order valence-corrected chi connectivity index (χ0v) is 28.4. The minimum Gasteiger partial charge on any atom is -0.456 e. The number of nitrogens with zero attached hydrogens (tertiary/aromatic N) is 2. The molecule has 53 heavy (non-hydrogen) atoms. The van der Waals surface area contributed by atoms with Crippen molar-refractivity contribution in [3.8, 4) is 45.1 Å². The van der Waals surface area contributed by atoms with E-state index in [1.54, 1.807) is 0 Å². The largest absolute Gasteiger partial charge is 0.456 e. The van der Waals surface area contributed by atoms with Gasteiger partial charge in [0.1, 0.15) is 17.2 Å². The summed E-state index contributed by atoms with van der Waals surface area (Å²) >= 11 is 0. The Hall–Kier alpha value is -7.35. The van der Waals surface area contributed by atoms with Gasteiger partial charge in [0.2, 0.25) is 0 Å². The maximum atomic E-state index is 10.5. The first-order chi connectivity index (χ1) is 26.2. The Morgan fingerprint density at radius 3 is 1.91 bits per heavy atom. The predicted molar refractivity (Wildman–Crippen MR) is 216 cm³/mol. The third kappa shape index (κ3) is 4.41. The summed E-state index contributed by atoms with van der Waals surface area (Å²) in [4.78, 5) is 0. The molecule has 0 saturated carbocycles. The van der Waals surface area contributed by atoms with Gasteiger partial charge in [0.05, 0.1) is 22.3 Å². The summed E-state index contributed by atoms with van der Waals surface area (Å²) in [5, 5.41) is 16.8. The highest BCUT2D eigenvalue weighted by Crippen LogP contribution is 2.43. The van der Waals surface area contributed by atoms with Gasteiger partial charge in [-0.25, -0.2) is 0 Å². The van der Waals surface area contributed by atoms with E-state index in [1.165, 1.54) is 5.56 Å². The smallest absolute Gasteiger partial charge is 0.159 e. The Bertz CT molecular complexity index is 3280. The van der Waals surface area contributed by atoms with E-state index < -0.39 is 0 Å². The fourth-order valence-corrected chi connectivity index (χ4v) is 8.22. The third-order valence-corrected chi connectivity index (χ3v) is 10.6. The van der Waals surface area contributed by atoms with Crippen molar-refractivity contribution in [3.63, 3.8) is 0 Å². The van der Waals surface area contributed by atoms with E-state index in [0.717, 1.165) is 93.6 Å². The second-order valence-electron chi connectivity index (χ2n) is 13.6. The highest BCUT2D eigenvalue weighted by molar-refractivity contribution is 6.17. The lowest BCUT2D eigenvalue weighted by Crippen LogP contribution is -1.94. The molecule has 246 valence electrons. The average Bonchev–Trinajstić information content (AvgIpc) is 3.90. The second kappa shape index (κ2) is 11.3. The van der Waals surface area contributed by atoms with Gasteiger partial charge in [-0.05, 0) is 81.9 Å². The van der Waals surface area contributed by atoms with Crippen LogP contribution in [0.3, 0.4) is 0 Å². The number of fused-ring (bicyclic) bond motifs is 9. The molecule has 0 saturated heterocycles. The topological polar surface area (TPSA) is 55.0 Å². The van der Waals surface area contributed by atoms with Gasteiger partial charge >= 0.3 is 0 Å². The summed E-state index contributed by atoms with van der Waals surface area (Å²) in [5.41, 5.74) is 13.1. The van der Waals surface area contributed by atoms with E-state index in [4.69, 9.17) is 8.83 Å². The molecule has 0 unspecified atom stereocenters. The van der Waals surface area contributed by atoms with E-state index in [0.29, 0.717) is 11.1 Å². The van der Waals surface area contributed by atoms with Gasteiger partial charge in [-0.2, -0.15) is 5.26 Å². The van der Waals surface area contributed by atoms with E-state index in [1.807, 2.05) is 48.5 Å². The number of benzene rings is 8. The van der Waals surface area contributed by atoms with Gasteiger partial charge < -0.3 is 13.4 Å². The molecule has 0 bridgehead atoms. The van der Waals surface area contributed by atoms with Crippen LogP contribution < -0.4 is 0 Å². The number of nitriles is 1. The predicted octanol–water partition coefficient (Wildman–Crippen LogP) is 13.5. The highest BCUT2D eigenvalue weighted by Gasteiger charge is 2.22. The van der Waals surface area contributed by atoms with Crippen molar-refractivity contribution >= 4 is 65.7 Å². The van der Waals surface area contributed by atoms with E-state index >= 15 is 0 Å². The molecule has 11 rings (SSSR count). The lowest BCUT2D eigenvalue weighted by Gasteiger charge is -2.10. The average molecular weight is 677 g/mol. The summed E-state index contributed by atoms with van der Waals surface area (Å²) in [5.74, 6) is 0. The van der Waals surface area contributed by atoms with Crippen LogP contribution >= 0.6 is 0 Å². The molecule has 0 radical (unpaired) electrons. The molecule has 4 nitrogen and oxygen atoms in total. The summed E-state index contributed by atoms with van der Waals surface area (Å²) in [6.07, 6.45) is 0. The first-order valence-corrected chi connectivity index (χ1v) is 17.7. The van der Waals surface area contributed by atoms with Gasteiger partial charge in [-0.3, -0.25) is 0 Å². The summed E-state index contributed by atoms with van der Waals surface area (Å²) in [6, 6.07) is 61.5. The van der Waals surface area contributed by atoms with Crippen molar-refractivity contribution in [3.05, 3.63) is 175 Å². The van der Waals surface area contributed by atoms with Crippen molar-refractivity contribution in [1.29, 1.82) is 5.26 Å². The van der Waals surface area contributed by atoms with Crippen LogP contribution in [0.1, 0.15) is 5.56 Å². The standard InChI is InChI=1S/C49H28N2O2/c50-29-35-25-34(36-16-10-20-46-47(36)39-15-7-8-19-45(39)52-46)27-41-38-17-9-18-43(49(38)53-48(35)41)51-42-24-22-32(30-11-3-1-4-12-30)26-40(42)37-23-21-33(28-44(37)51)31-13-5-2-6-14-31/h1-28H. The van der Waals surface area contributed by atoms with E-state index in [9.17, 15) is 5.26 Å². The molecular weight excluding hydrogens is 649 g/mol. The van der Waals surface area contributed by atoms with Gasteiger partial charge in [0.15, 0.2) is 11.2 Å². The summed E-state index contributed by atoms with van der Waals surface area (Å²) < 4.78 is 15.4. The molecule has 0 aliphatic heterocycles. The lowest BCUT2D eigenvalue weighted by atomic mass is 9.96. The maximum Gasteiger partial charge on any atom is 0.159 e. The SMILES string of the molecule is N#Cc1cc(-c2cccc3oc4ccccc4c23)cc2c1oc1c(-n3c4ccc(-c5ccccc5)cc4c4ccc(-c5ccccc5)cc43)cccc12. The first-order valence-electron chi connectivity index (χ1n) is 17.7. The molecule has 11 aromatic rings. The van der Waals surface area contributed by atoms with Crippen LogP contribution in [0.2, 0.25) is 0 Å². The number of aromatic nitrogens is 1. The van der Waals surface area contributed by atoms with Crippen molar-refractivity contribution in [2.24, 2.45) is 0 Å². The Morgan fingerprint density at radius 1 is 0.415 bits per heavy atom. The Labute approximate surface area is 304 Å². The van der Waals surface area contributed by atoms with Gasteiger partial charge in [-0.1, -0.05) is 121 Å². The molecule has 3 heterocycles. The number of furan rings is 2. The quantitative estimate of drug-likeness (QED) is 0.186. The molecule has 0 spiro atoms. The van der Waals surface area contributed by atoms with Gasteiger partial charge in [-0.15, -0.1) is 0 Å². The van der Waals surface area contributed by atoms with Crippen LogP contribution in [0.15, 0.2) is 179 Å². The third-order valence-electron chi connectivity index (χ3n) is 10.6. The zero-order chi connectivity index (χ0) is 35.0. The van der Waals surface area contributed by atoms with Crippen LogP contribution in [0, 0.1) is 11.3 Å². The van der Waals surface area contributed by atoms with Crippen molar-refractivity contribution in [1.82, 2.24) is 4.57 Å². The number of rotatable bonds is 4. The fourth-order valence-electron chi connectivity index (χ4n) is 8.22. The molecule has 0 N–H and O–H groups in total. The number of hydrogen-bond acceptors (Lipinski definition) is 3. The van der Waals surface area contributed by atoms with Crippen LogP contribution in [0.25, 0.3) is 105 Å². The normalized spacial score (nSPS) is 11.8. The van der Waals surface area contributed by atoms with Crippen molar-refractivity contribution in [2.45, 2.75) is 0 Å². The molecule has 0 aliphatic rings. The minimum absolute atomic E-state index is 0.491. The second-order valence-corrected chi connectivity index (χ2v) is 13.6. The van der Waals surface area contributed by atoms with E-state index in [-0.39, 0.29) is 0 Å². The van der Waals surface area contributed by atoms with Crippen LogP contribution in [-0.4, -0.2) is 4.57 Å².